The number of ether oxygens (including phenoxy) is 2. The summed E-state index contributed by atoms with van der Waals surface area (Å²) in [5.41, 5.74) is 0.842. The van der Waals surface area contributed by atoms with E-state index in [9.17, 15) is 13.2 Å². The second kappa shape index (κ2) is 9.25. The molecular formula is C22H26N4O5S. The van der Waals surface area contributed by atoms with Crippen LogP contribution in [0.1, 0.15) is 19.8 Å². The highest BCUT2D eigenvalue weighted by molar-refractivity contribution is 7.90. The summed E-state index contributed by atoms with van der Waals surface area (Å²) < 4.78 is 36.6. The number of sulfone groups is 1. The van der Waals surface area contributed by atoms with E-state index in [1.54, 1.807) is 31.2 Å². The average molecular weight is 459 g/mol. The standard InChI is InChI=1S/C22H26N4O5S/c1-3-30-22(27)14-25-9-7-17(8-10-25)31-21-13-20(23-15-24-21)26-11-6-16-12-18(32(2,28)29)4-5-19(16)26/h4-6,11-13,15,17H,3,7-10,14H2,1-2H3. The van der Waals surface area contributed by atoms with E-state index in [1.165, 1.54) is 12.6 Å². The lowest BCUT2D eigenvalue weighted by Crippen LogP contribution is -2.41. The molecule has 1 fully saturated rings. The number of fused-ring (bicyclic) bond motifs is 1. The molecule has 32 heavy (non-hydrogen) atoms. The third-order valence-electron chi connectivity index (χ3n) is 5.44. The summed E-state index contributed by atoms with van der Waals surface area (Å²) in [5.74, 6) is 0.917. The van der Waals surface area contributed by atoms with Crippen molar-refractivity contribution in [2.24, 2.45) is 0 Å². The molecule has 0 aliphatic carbocycles. The highest BCUT2D eigenvalue weighted by Gasteiger charge is 2.23. The molecule has 0 saturated carbocycles. The van der Waals surface area contributed by atoms with Crippen molar-refractivity contribution in [3.8, 4) is 11.7 Å². The predicted molar refractivity (Wildman–Crippen MR) is 119 cm³/mol. The van der Waals surface area contributed by atoms with Gasteiger partial charge in [-0.15, -0.1) is 0 Å². The minimum atomic E-state index is -3.27. The molecule has 0 amide bonds. The first kappa shape index (κ1) is 22.2. The molecule has 3 aromatic rings. The number of aromatic nitrogens is 3. The lowest BCUT2D eigenvalue weighted by Gasteiger charge is -2.31. The molecule has 1 saturated heterocycles. The Bertz CT molecular complexity index is 1220. The number of esters is 1. The molecule has 10 heteroatoms. The minimum Gasteiger partial charge on any atom is -0.474 e. The first-order chi connectivity index (χ1) is 15.3. The maximum atomic E-state index is 11.8. The van der Waals surface area contributed by atoms with Gasteiger partial charge in [-0.2, -0.15) is 0 Å². The summed E-state index contributed by atoms with van der Waals surface area (Å²) in [6.45, 7) is 4.01. The summed E-state index contributed by atoms with van der Waals surface area (Å²) in [4.78, 5) is 22.6. The maximum Gasteiger partial charge on any atom is 0.320 e. The Morgan fingerprint density at radius 3 is 2.66 bits per heavy atom. The number of piperidine rings is 1. The van der Waals surface area contributed by atoms with Crippen LogP contribution in [0.25, 0.3) is 16.7 Å². The van der Waals surface area contributed by atoms with Crippen molar-refractivity contribution in [2.75, 3.05) is 32.5 Å². The highest BCUT2D eigenvalue weighted by Crippen LogP contribution is 2.24. The van der Waals surface area contributed by atoms with Gasteiger partial charge in [-0.1, -0.05) is 0 Å². The van der Waals surface area contributed by atoms with E-state index in [4.69, 9.17) is 9.47 Å². The number of nitrogens with zero attached hydrogens (tertiary/aromatic N) is 4. The fourth-order valence-electron chi connectivity index (χ4n) is 3.82. The van der Waals surface area contributed by atoms with Crippen molar-refractivity contribution in [2.45, 2.75) is 30.8 Å². The number of carbonyl (C=O) groups excluding carboxylic acids is 1. The number of carbonyl (C=O) groups is 1. The number of likely N-dealkylation sites (tertiary alicyclic amines) is 1. The number of benzene rings is 1. The van der Waals surface area contributed by atoms with Crippen LogP contribution < -0.4 is 4.74 Å². The van der Waals surface area contributed by atoms with Gasteiger partial charge in [0.2, 0.25) is 5.88 Å². The van der Waals surface area contributed by atoms with Gasteiger partial charge in [0, 0.05) is 37.0 Å². The Balaban J connectivity index is 1.44. The molecule has 0 unspecified atom stereocenters. The van der Waals surface area contributed by atoms with Gasteiger partial charge in [-0.05, 0) is 44.0 Å². The summed E-state index contributed by atoms with van der Waals surface area (Å²) in [7, 11) is -3.27. The molecule has 3 heterocycles. The van der Waals surface area contributed by atoms with Gasteiger partial charge in [-0.3, -0.25) is 9.69 Å². The third kappa shape index (κ3) is 5.08. The monoisotopic (exact) mass is 458 g/mol. The number of rotatable bonds is 7. The molecule has 1 aliphatic rings. The molecule has 0 atom stereocenters. The number of hydrogen-bond donors (Lipinski definition) is 0. The first-order valence-corrected chi connectivity index (χ1v) is 12.4. The lowest BCUT2D eigenvalue weighted by atomic mass is 10.1. The zero-order chi connectivity index (χ0) is 22.7. The minimum absolute atomic E-state index is 0.00919. The van der Waals surface area contributed by atoms with E-state index in [-0.39, 0.29) is 17.0 Å². The Kier molecular flexibility index (Phi) is 6.43. The third-order valence-corrected chi connectivity index (χ3v) is 6.55. The van der Waals surface area contributed by atoms with E-state index in [0.29, 0.717) is 24.8 Å². The maximum absolute atomic E-state index is 11.8. The van der Waals surface area contributed by atoms with Crippen LogP contribution in [-0.2, 0) is 19.4 Å². The zero-order valence-corrected chi connectivity index (χ0v) is 18.9. The van der Waals surface area contributed by atoms with E-state index < -0.39 is 9.84 Å². The van der Waals surface area contributed by atoms with Gasteiger partial charge >= 0.3 is 5.97 Å². The predicted octanol–water partition coefficient (Wildman–Crippen LogP) is 2.23. The van der Waals surface area contributed by atoms with E-state index in [0.717, 1.165) is 36.8 Å². The second-order valence-electron chi connectivity index (χ2n) is 7.79. The Labute approximate surface area is 186 Å². The smallest absolute Gasteiger partial charge is 0.320 e. The van der Waals surface area contributed by atoms with Crippen molar-refractivity contribution < 1.29 is 22.7 Å². The van der Waals surface area contributed by atoms with Gasteiger partial charge in [0.1, 0.15) is 18.2 Å². The molecule has 0 bridgehead atoms. The van der Waals surface area contributed by atoms with Crippen molar-refractivity contribution in [1.29, 1.82) is 0 Å². The molecule has 4 rings (SSSR count). The van der Waals surface area contributed by atoms with Crippen LogP contribution in [-0.4, -0.2) is 72.4 Å². The topological polar surface area (TPSA) is 104 Å². The zero-order valence-electron chi connectivity index (χ0n) is 18.1. The van der Waals surface area contributed by atoms with Gasteiger partial charge in [0.05, 0.1) is 23.6 Å². The van der Waals surface area contributed by atoms with Crippen molar-refractivity contribution in [3.05, 3.63) is 42.9 Å². The molecule has 0 N–H and O–H groups in total. The quantitative estimate of drug-likeness (QED) is 0.497. The van der Waals surface area contributed by atoms with Gasteiger partial charge < -0.3 is 14.0 Å². The van der Waals surface area contributed by atoms with Gasteiger partial charge in [-0.25, -0.2) is 18.4 Å². The Hall–Kier alpha value is -2.98. The van der Waals surface area contributed by atoms with Crippen LogP contribution in [0, 0.1) is 0 Å². The molecule has 0 radical (unpaired) electrons. The summed E-state index contributed by atoms with van der Waals surface area (Å²) in [6.07, 6.45) is 6.09. The SMILES string of the molecule is CCOC(=O)CN1CCC(Oc2cc(-n3ccc4cc(S(C)(=O)=O)ccc43)ncn2)CC1. The molecule has 2 aromatic heterocycles. The van der Waals surface area contributed by atoms with Gasteiger partial charge in [0.15, 0.2) is 9.84 Å². The largest absolute Gasteiger partial charge is 0.474 e. The molecule has 0 spiro atoms. The first-order valence-electron chi connectivity index (χ1n) is 10.5. The Morgan fingerprint density at radius 2 is 1.94 bits per heavy atom. The van der Waals surface area contributed by atoms with Crippen molar-refractivity contribution >= 4 is 26.7 Å². The highest BCUT2D eigenvalue weighted by atomic mass is 32.2. The molecule has 1 aromatic carbocycles. The van der Waals surface area contributed by atoms with Crippen LogP contribution >= 0.6 is 0 Å². The second-order valence-corrected chi connectivity index (χ2v) is 9.81. The summed E-state index contributed by atoms with van der Waals surface area (Å²) in [6, 6.07) is 8.65. The van der Waals surface area contributed by atoms with E-state index in [2.05, 4.69) is 14.9 Å². The van der Waals surface area contributed by atoms with Crippen LogP contribution in [0.4, 0.5) is 0 Å². The lowest BCUT2D eigenvalue weighted by molar-refractivity contribution is -0.144. The van der Waals surface area contributed by atoms with Crippen molar-refractivity contribution in [1.82, 2.24) is 19.4 Å². The number of hydrogen-bond acceptors (Lipinski definition) is 8. The summed E-state index contributed by atoms with van der Waals surface area (Å²) in [5, 5.41) is 0.808. The molecule has 170 valence electrons. The normalized spacial score (nSPS) is 15.7. The van der Waals surface area contributed by atoms with Gasteiger partial charge in [0.25, 0.3) is 0 Å². The van der Waals surface area contributed by atoms with Crippen LogP contribution in [0.2, 0.25) is 0 Å². The summed E-state index contributed by atoms with van der Waals surface area (Å²) >= 11 is 0. The van der Waals surface area contributed by atoms with Crippen LogP contribution in [0.3, 0.4) is 0 Å². The molecular weight excluding hydrogens is 432 g/mol. The molecule has 9 nitrogen and oxygen atoms in total. The molecule has 1 aliphatic heterocycles. The van der Waals surface area contributed by atoms with Crippen LogP contribution in [0.5, 0.6) is 5.88 Å². The van der Waals surface area contributed by atoms with Crippen molar-refractivity contribution in [3.63, 3.8) is 0 Å². The Morgan fingerprint density at radius 1 is 1.16 bits per heavy atom. The van der Waals surface area contributed by atoms with E-state index >= 15 is 0 Å². The van der Waals surface area contributed by atoms with E-state index in [1.807, 2.05) is 16.8 Å². The fraction of sp³-hybridized carbons (Fsp3) is 0.409. The average Bonchev–Trinajstić information content (AvgIpc) is 3.18. The van der Waals surface area contributed by atoms with Crippen LogP contribution in [0.15, 0.2) is 47.8 Å². The fourth-order valence-corrected chi connectivity index (χ4v) is 4.48.